The first kappa shape index (κ1) is 14.8. The van der Waals surface area contributed by atoms with Crippen molar-refractivity contribution in [3.63, 3.8) is 0 Å². The fourth-order valence-electron chi connectivity index (χ4n) is 2.94. The van der Waals surface area contributed by atoms with Gasteiger partial charge in [-0.3, -0.25) is 9.69 Å². The van der Waals surface area contributed by atoms with E-state index in [1.165, 1.54) is 19.3 Å². The predicted molar refractivity (Wildman–Crippen MR) is 72.9 cm³/mol. The zero-order valence-electron chi connectivity index (χ0n) is 11.6. The second-order valence-corrected chi connectivity index (χ2v) is 5.60. The number of nitrogens with zero attached hydrogens (tertiary/aromatic N) is 1. The SMILES string of the molecule is O=C(CCN1CCOCC1CO)NC1CCCCC1. The molecule has 5 nitrogen and oxygen atoms in total. The molecule has 1 aliphatic carbocycles. The van der Waals surface area contributed by atoms with E-state index >= 15 is 0 Å². The van der Waals surface area contributed by atoms with Gasteiger partial charge in [0.15, 0.2) is 0 Å². The zero-order chi connectivity index (χ0) is 13.5. The molecule has 0 radical (unpaired) electrons. The second-order valence-electron chi connectivity index (χ2n) is 5.60. The Balaban J connectivity index is 1.67. The van der Waals surface area contributed by atoms with Gasteiger partial charge >= 0.3 is 0 Å². The Morgan fingerprint density at radius 2 is 2.11 bits per heavy atom. The lowest BCUT2D eigenvalue weighted by Crippen LogP contribution is -2.48. The van der Waals surface area contributed by atoms with Crippen LogP contribution in [-0.4, -0.2) is 60.9 Å². The summed E-state index contributed by atoms with van der Waals surface area (Å²) in [5.74, 6) is 0.148. The third kappa shape index (κ3) is 4.75. The first-order chi connectivity index (χ1) is 9.29. The Bertz CT molecular complexity index is 280. The van der Waals surface area contributed by atoms with Crippen LogP contribution in [0, 0.1) is 0 Å². The normalized spacial score (nSPS) is 26.3. The molecule has 1 atom stereocenters. The summed E-state index contributed by atoms with van der Waals surface area (Å²) in [7, 11) is 0. The van der Waals surface area contributed by atoms with Gasteiger partial charge in [0.1, 0.15) is 0 Å². The quantitative estimate of drug-likeness (QED) is 0.764. The van der Waals surface area contributed by atoms with E-state index in [9.17, 15) is 9.90 Å². The Morgan fingerprint density at radius 3 is 2.84 bits per heavy atom. The van der Waals surface area contributed by atoms with E-state index in [4.69, 9.17) is 4.74 Å². The van der Waals surface area contributed by atoms with Crippen molar-refractivity contribution in [1.29, 1.82) is 0 Å². The maximum absolute atomic E-state index is 11.9. The van der Waals surface area contributed by atoms with Crippen molar-refractivity contribution in [2.24, 2.45) is 0 Å². The molecule has 0 aromatic rings. The van der Waals surface area contributed by atoms with Gasteiger partial charge in [-0.15, -0.1) is 0 Å². The maximum atomic E-state index is 11.9. The maximum Gasteiger partial charge on any atom is 0.221 e. The molecule has 0 spiro atoms. The van der Waals surface area contributed by atoms with Crippen molar-refractivity contribution < 1.29 is 14.6 Å². The van der Waals surface area contributed by atoms with Gasteiger partial charge in [0.25, 0.3) is 0 Å². The highest BCUT2D eigenvalue weighted by atomic mass is 16.5. The van der Waals surface area contributed by atoms with E-state index in [0.29, 0.717) is 32.2 Å². The van der Waals surface area contributed by atoms with E-state index in [1.807, 2.05) is 0 Å². The van der Waals surface area contributed by atoms with Crippen LogP contribution >= 0.6 is 0 Å². The van der Waals surface area contributed by atoms with Crippen molar-refractivity contribution in [2.45, 2.75) is 50.6 Å². The lowest BCUT2D eigenvalue weighted by Gasteiger charge is -2.34. The smallest absolute Gasteiger partial charge is 0.221 e. The molecule has 5 heteroatoms. The minimum atomic E-state index is 0.0521. The van der Waals surface area contributed by atoms with Crippen LogP contribution in [0.3, 0.4) is 0 Å². The molecule has 2 N–H and O–H groups in total. The van der Waals surface area contributed by atoms with E-state index in [1.54, 1.807) is 0 Å². The molecule has 1 aliphatic heterocycles. The number of aliphatic hydroxyl groups excluding tert-OH is 1. The van der Waals surface area contributed by atoms with E-state index in [2.05, 4.69) is 10.2 Å². The summed E-state index contributed by atoms with van der Waals surface area (Å²) >= 11 is 0. The molecule has 2 aliphatic rings. The van der Waals surface area contributed by atoms with Crippen LogP contribution in [0.15, 0.2) is 0 Å². The molecule has 1 unspecified atom stereocenters. The summed E-state index contributed by atoms with van der Waals surface area (Å²) in [6.45, 7) is 2.89. The Morgan fingerprint density at radius 1 is 1.32 bits per heavy atom. The third-order valence-electron chi connectivity index (χ3n) is 4.16. The lowest BCUT2D eigenvalue weighted by molar-refractivity contribution is -0.123. The van der Waals surface area contributed by atoms with Crippen molar-refractivity contribution in [1.82, 2.24) is 10.2 Å². The van der Waals surface area contributed by atoms with Crippen LogP contribution in [0.5, 0.6) is 0 Å². The fourth-order valence-corrected chi connectivity index (χ4v) is 2.94. The van der Waals surface area contributed by atoms with Crippen LogP contribution in [0.1, 0.15) is 38.5 Å². The first-order valence-electron chi connectivity index (χ1n) is 7.51. The average molecular weight is 270 g/mol. The largest absolute Gasteiger partial charge is 0.395 e. The molecule has 110 valence electrons. The van der Waals surface area contributed by atoms with Crippen molar-refractivity contribution >= 4 is 5.91 Å². The summed E-state index contributed by atoms with van der Waals surface area (Å²) < 4.78 is 5.33. The summed E-state index contributed by atoms with van der Waals surface area (Å²) in [6.07, 6.45) is 6.55. The molecule has 1 saturated heterocycles. The van der Waals surface area contributed by atoms with Crippen molar-refractivity contribution in [2.75, 3.05) is 32.9 Å². The number of hydrogen-bond donors (Lipinski definition) is 2. The molecule has 1 heterocycles. The minimum Gasteiger partial charge on any atom is -0.395 e. The molecule has 2 rings (SSSR count). The Kier molecular flexibility index (Phi) is 6.07. The number of ether oxygens (including phenoxy) is 1. The predicted octanol–water partition coefficient (Wildman–Crippen LogP) is 0.518. The molecule has 0 aromatic carbocycles. The van der Waals surface area contributed by atoms with E-state index in [0.717, 1.165) is 19.4 Å². The molecular formula is C14H26N2O3. The molecule has 1 amide bonds. The van der Waals surface area contributed by atoms with Gasteiger partial charge < -0.3 is 15.2 Å². The fraction of sp³-hybridized carbons (Fsp3) is 0.929. The molecule has 1 saturated carbocycles. The first-order valence-corrected chi connectivity index (χ1v) is 7.51. The monoisotopic (exact) mass is 270 g/mol. The number of carbonyl (C=O) groups excluding carboxylic acids is 1. The Labute approximate surface area is 115 Å². The highest BCUT2D eigenvalue weighted by molar-refractivity contribution is 5.76. The number of carbonyl (C=O) groups is 1. The molecule has 19 heavy (non-hydrogen) atoms. The molecule has 0 aromatic heterocycles. The summed E-state index contributed by atoms with van der Waals surface area (Å²) in [6, 6.07) is 0.441. The van der Waals surface area contributed by atoms with Crippen LogP contribution in [0.2, 0.25) is 0 Å². The van der Waals surface area contributed by atoms with Gasteiger partial charge in [0, 0.05) is 25.6 Å². The van der Waals surface area contributed by atoms with Gasteiger partial charge in [0.05, 0.1) is 25.9 Å². The van der Waals surface area contributed by atoms with Gasteiger partial charge in [0.2, 0.25) is 5.91 Å². The van der Waals surface area contributed by atoms with Crippen LogP contribution in [-0.2, 0) is 9.53 Å². The van der Waals surface area contributed by atoms with Crippen molar-refractivity contribution in [3.8, 4) is 0 Å². The number of morpholine rings is 1. The highest BCUT2D eigenvalue weighted by Crippen LogP contribution is 2.17. The molecule has 0 bridgehead atoms. The number of hydrogen-bond acceptors (Lipinski definition) is 4. The summed E-state index contributed by atoms with van der Waals surface area (Å²) in [5.41, 5.74) is 0. The third-order valence-corrected chi connectivity index (χ3v) is 4.16. The number of nitrogens with one attached hydrogen (secondary N) is 1. The van der Waals surface area contributed by atoms with Crippen LogP contribution in [0.4, 0.5) is 0 Å². The second kappa shape index (κ2) is 7.82. The van der Waals surface area contributed by atoms with E-state index in [-0.39, 0.29) is 18.6 Å². The standard InChI is InChI=1S/C14H26N2O3/c17-10-13-11-19-9-8-16(13)7-6-14(18)15-12-4-2-1-3-5-12/h12-13,17H,1-11H2,(H,15,18). The Hall–Kier alpha value is -0.650. The van der Waals surface area contributed by atoms with Crippen LogP contribution in [0.25, 0.3) is 0 Å². The topological polar surface area (TPSA) is 61.8 Å². The zero-order valence-corrected chi connectivity index (χ0v) is 11.6. The average Bonchev–Trinajstić information content (AvgIpc) is 2.46. The number of aliphatic hydroxyl groups is 1. The molecule has 2 fully saturated rings. The minimum absolute atomic E-state index is 0.0521. The number of amides is 1. The highest BCUT2D eigenvalue weighted by Gasteiger charge is 2.23. The van der Waals surface area contributed by atoms with Gasteiger partial charge in [-0.2, -0.15) is 0 Å². The lowest BCUT2D eigenvalue weighted by atomic mass is 9.95. The number of rotatable bonds is 5. The van der Waals surface area contributed by atoms with E-state index < -0.39 is 0 Å². The summed E-state index contributed by atoms with van der Waals surface area (Å²) in [5, 5.41) is 12.4. The van der Waals surface area contributed by atoms with Crippen LogP contribution < -0.4 is 5.32 Å². The van der Waals surface area contributed by atoms with Gasteiger partial charge in [-0.25, -0.2) is 0 Å². The van der Waals surface area contributed by atoms with Gasteiger partial charge in [-0.05, 0) is 12.8 Å². The van der Waals surface area contributed by atoms with Gasteiger partial charge in [-0.1, -0.05) is 19.3 Å². The molecular weight excluding hydrogens is 244 g/mol. The summed E-state index contributed by atoms with van der Waals surface area (Å²) in [4.78, 5) is 14.1. The van der Waals surface area contributed by atoms with Crippen molar-refractivity contribution in [3.05, 3.63) is 0 Å².